The molecule has 1 aliphatic rings. The number of nitrogens with one attached hydrogen (secondary N) is 1. The molecule has 0 aliphatic carbocycles. The van der Waals surface area contributed by atoms with E-state index in [0.29, 0.717) is 10.9 Å². The van der Waals surface area contributed by atoms with Gasteiger partial charge in [-0.1, -0.05) is 11.6 Å². The van der Waals surface area contributed by atoms with Crippen molar-refractivity contribution in [3.63, 3.8) is 0 Å². The molecular weight excluding hydrogens is 294 g/mol. The Labute approximate surface area is 127 Å². The number of piperidine rings is 1. The quantitative estimate of drug-likeness (QED) is 0.914. The van der Waals surface area contributed by atoms with Crippen LogP contribution in [0.4, 0.5) is 5.95 Å². The molecule has 2 aromatic heterocycles. The van der Waals surface area contributed by atoms with Gasteiger partial charge in [0.2, 0.25) is 5.95 Å². The zero-order valence-electron chi connectivity index (χ0n) is 11.3. The second kappa shape index (κ2) is 5.71. The highest BCUT2D eigenvalue weighted by Gasteiger charge is 2.24. The number of thiophene rings is 1. The van der Waals surface area contributed by atoms with Gasteiger partial charge in [-0.2, -0.15) is 4.98 Å². The van der Waals surface area contributed by atoms with Gasteiger partial charge in [0.15, 0.2) is 5.82 Å². The van der Waals surface area contributed by atoms with Gasteiger partial charge in [-0.3, -0.25) is 5.10 Å². The molecular formula is C13H18ClN5S. The van der Waals surface area contributed by atoms with Crippen molar-refractivity contribution in [1.29, 1.82) is 0 Å². The normalized spacial score (nSPS) is 18.4. The molecule has 1 atom stereocenters. The van der Waals surface area contributed by atoms with Gasteiger partial charge in [0, 0.05) is 19.1 Å². The van der Waals surface area contributed by atoms with E-state index in [1.165, 1.54) is 0 Å². The minimum absolute atomic E-state index is 0.268. The maximum Gasteiger partial charge on any atom is 0.245 e. The molecule has 3 rings (SSSR count). The van der Waals surface area contributed by atoms with Crippen molar-refractivity contribution in [1.82, 2.24) is 15.2 Å². The Morgan fingerprint density at radius 3 is 2.85 bits per heavy atom. The van der Waals surface area contributed by atoms with Crippen molar-refractivity contribution in [2.75, 3.05) is 18.0 Å². The minimum Gasteiger partial charge on any atom is -0.340 e. The molecule has 3 N–H and O–H groups in total. The molecule has 1 aliphatic heterocycles. The number of nitrogens with zero attached hydrogens (tertiary/aromatic N) is 3. The second-order valence-electron chi connectivity index (χ2n) is 5.27. The number of halogens is 1. The van der Waals surface area contributed by atoms with Crippen LogP contribution in [0.2, 0.25) is 5.02 Å². The van der Waals surface area contributed by atoms with Gasteiger partial charge in [0.25, 0.3) is 0 Å². The molecule has 1 saturated heterocycles. The lowest BCUT2D eigenvalue weighted by Gasteiger charge is -2.32. The van der Waals surface area contributed by atoms with Crippen LogP contribution < -0.4 is 10.6 Å². The van der Waals surface area contributed by atoms with Crippen LogP contribution in [0.25, 0.3) is 10.7 Å². The Morgan fingerprint density at radius 1 is 1.50 bits per heavy atom. The van der Waals surface area contributed by atoms with Crippen molar-refractivity contribution in [2.45, 2.75) is 25.8 Å². The zero-order valence-corrected chi connectivity index (χ0v) is 12.9. The third-order valence-electron chi connectivity index (χ3n) is 3.87. The molecule has 0 amide bonds. The molecule has 108 valence electrons. The van der Waals surface area contributed by atoms with E-state index in [-0.39, 0.29) is 6.04 Å². The Balaban J connectivity index is 1.71. The first-order valence-electron chi connectivity index (χ1n) is 6.81. The lowest BCUT2D eigenvalue weighted by atomic mass is 9.91. The molecule has 0 saturated carbocycles. The fraction of sp³-hybridized carbons (Fsp3) is 0.538. The molecule has 0 spiro atoms. The molecule has 0 bridgehead atoms. The van der Waals surface area contributed by atoms with Crippen molar-refractivity contribution in [2.24, 2.45) is 11.7 Å². The monoisotopic (exact) mass is 311 g/mol. The number of hydrogen-bond donors (Lipinski definition) is 2. The van der Waals surface area contributed by atoms with Crippen LogP contribution in [-0.2, 0) is 0 Å². The molecule has 20 heavy (non-hydrogen) atoms. The van der Waals surface area contributed by atoms with Gasteiger partial charge in [-0.05, 0) is 37.1 Å². The standard InChI is InChI=1S/C13H18ClN5S/c1-8(15)9-2-5-19(6-3-9)13-16-12(17-18-13)11-10(14)4-7-20-11/h4,7-9H,2-3,5-6,15H2,1H3,(H,16,17,18). The lowest BCUT2D eigenvalue weighted by Crippen LogP contribution is -2.40. The molecule has 0 aromatic carbocycles. The molecule has 1 unspecified atom stereocenters. The van der Waals surface area contributed by atoms with E-state index < -0.39 is 0 Å². The van der Waals surface area contributed by atoms with Crippen molar-refractivity contribution >= 4 is 28.9 Å². The van der Waals surface area contributed by atoms with E-state index in [4.69, 9.17) is 17.3 Å². The number of nitrogens with two attached hydrogens (primary N) is 1. The van der Waals surface area contributed by atoms with Crippen LogP contribution in [0.15, 0.2) is 11.4 Å². The molecule has 1 fully saturated rings. The summed E-state index contributed by atoms with van der Waals surface area (Å²) in [7, 11) is 0. The van der Waals surface area contributed by atoms with Crippen molar-refractivity contribution in [3.8, 4) is 10.7 Å². The average Bonchev–Trinajstić information content (AvgIpc) is 3.07. The summed E-state index contributed by atoms with van der Waals surface area (Å²) in [6.45, 7) is 4.01. The van der Waals surface area contributed by atoms with Gasteiger partial charge in [-0.25, -0.2) is 0 Å². The molecule has 2 aromatic rings. The Hall–Kier alpha value is -1.11. The summed E-state index contributed by atoms with van der Waals surface area (Å²) in [6, 6.07) is 2.14. The number of hydrogen-bond acceptors (Lipinski definition) is 5. The molecule has 0 radical (unpaired) electrons. The van der Waals surface area contributed by atoms with E-state index in [9.17, 15) is 0 Å². The first-order chi connectivity index (χ1) is 9.65. The van der Waals surface area contributed by atoms with Gasteiger partial charge in [0.05, 0.1) is 9.90 Å². The predicted octanol–water partition coefficient (Wildman–Crippen LogP) is 2.75. The first-order valence-corrected chi connectivity index (χ1v) is 8.07. The van der Waals surface area contributed by atoms with Crippen LogP contribution in [0, 0.1) is 5.92 Å². The van der Waals surface area contributed by atoms with Crippen LogP contribution in [0.1, 0.15) is 19.8 Å². The van der Waals surface area contributed by atoms with E-state index >= 15 is 0 Å². The van der Waals surface area contributed by atoms with Gasteiger partial charge in [0.1, 0.15) is 0 Å². The third-order valence-corrected chi connectivity index (χ3v) is 5.22. The Morgan fingerprint density at radius 2 is 2.25 bits per heavy atom. The van der Waals surface area contributed by atoms with E-state index in [1.807, 2.05) is 11.4 Å². The average molecular weight is 312 g/mol. The summed E-state index contributed by atoms with van der Waals surface area (Å²) < 4.78 is 0. The highest BCUT2D eigenvalue weighted by Crippen LogP contribution is 2.32. The summed E-state index contributed by atoms with van der Waals surface area (Å²) in [5.41, 5.74) is 5.97. The van der Waals surface area contributed by atoms with Crippen LogP contribution in [0.5, 0.6) is 0 Å². The second-order valence-corrected chi connectivity index (χ2v) is 6.59. The maximum atomic E-state index is 6.12. The molecule has 7 heteroatoms. The number of H-pyrrole nitrogens is 1. The lowest BCUT2D eigenvalue weighted by molar-refractivity contribution is 0.352. The number of anilines is 1. The van der Waals surface area contributed by atoms with E-state index in [1.54, 1.807) is 11.3 Å². The van der Waals surface area contributed by atoms with Gasteiger partial charge >= 0.3 is 0 Å². The van der Waals surface area contributed by atoms with Crippen molar-refractivity contribution < 1.29 is 0 Å². The molecule has 3 heterocycles. The highest BCUT2D eigenvalue weighted by atomic mass is 35.5. The largest absolute Gasteiger partial charge is 0.340 e. The maximum absolute atomic E-state index is 6.12. The molecule has 5 nitrogen and oxygen atoms in total. The van der Waals surface area contributed by atoms with Crippen LogP contribution in [0.3, 0.4) is 0 Å². The topological polar surface area (TPSA) is 70.8 Å². The summed E-state index contributed by atoms with van der Waals surface area (Å²) >= 11 is 7.68. The van der Waals surface area contributed by atoms with E-state index in [2.05, 4.69) is 27.0 Å². The van der Waals surface area contributed by atoms with E-state index in [0.717, 1.165) is 42.6 Å². The van der Waals surface area contributed by atoms with Gasteiger partial charge < -0.3 is 10.6 Å². The summed E-state index contributed by atoms with van der Waals surface area (Å²) in [6.07, 6.45) is 2.20. The summed E-state index contributed by atoms with van der Waals surface area (Å²) in [5, 5.41) is 9.96. The first kappa shape index (κ1) is 13.9. The summed E-state index contributed by atoms with van der Waals surface area (Å²) in [5.74, 6) is 2.11. The zero-order chi connectivity index (χ0) is 14.1. The smallest absolute Gasteiger partial charge is 0.245 e. The van der Waals surface area contributed by atoms with Gasteiger partial charge in [-0.15, -0.1) is 16.4 Å². The van der Waals surface area contributed by atoms with Crippen molar-refractivity contribution in [3.05, 3.63) is 16.5 Å². The highest BCUT2D eigenvalue weighted by molar-refractivity contribution is 7.14. The minimum atomic E-state index is 0.268. The SMILES string of the molecule is CC(N)C1CCN(c2n[nH]c(-c3sccc3Cl)n2)CC1. The number of aromatic amines is 1. The van der Waals surface area contributed by atoms with Crippen LogP contribution >= 0.6 is 22.9 Å². The Kier molecular flexibility index (Phi) is 3.96. The summed E-state index contributed by atoms with van der Waals surface area (Å²) in [4.78, 5) is 7.71. The number of rotatable bonds is 3. The predicted molar refractivity (Wildman–Crippen MR) is 83.3 cm³/mol. The van der Waals surface area contributed by atoms with Crippen LogP contribution in [-0.4, -0.2) is 34.3 Å². The fourth-order valence-electron chi connectivity index (χ4n) is 2.58. The Bertz CT molecular complexity index is 571. The third kappa shape index (κ3) is 2.68. The fourth-order valence-corrected chi connectivity index (χ4v) is 3.67. The number of aromatic nitrogens is 3.